The maximum atomic E-state index is 13.3. The Morgan fingerprint density at radius 1 is 1.53 bits per heavy atom. The van der Waals surface area contributed by atoms with Crippen molar-refractivity contribution in [3.05, 3.63) is 11.6 Å². The smallest absolute Gasteiger partial charge is 0.304 e. The first kappa shape index (κ1) is 12.3. The van der Waals surface area contributed by atoms with E-state index in [1.54, 1.807) is 0 Å². The van der Waals surface area contributed by atoms with E-state index in [0.717, 1.165) is 11.4 Å². The van der Waals surface area contributed by atoms with Crippen molar-refractivity contribution >= 4 is 23.3 Å². The Balaban J connectivity index is 2.80. The summed E-state index contributed by atoms with van der Waals surface area (Å²) in [6, 6.07) is 0. The van der Waals surface area contributed by atoms with Crippen molar-refractivity contribution in [2.45, 2.75) is 25.2 Å². The van der Waals surface area contributed by atoms with E-state index < -0.39 is 30.3 Å². The molecule has 0 heterocycles. The molecular formula is C9H9F4NS. The van der Waals surface area contributed by atoms with Gasteiger partial charge in [0, 0.05) is 29.0 Å². The van der Waals surface area contributed by atoms with E-state index in [0.29, 0.717) is 0 Å². The first-order valence-electron chi connectivity index (χ1n) is 4.30. The lowest BCUT2D eigenvalue weighted by Crippen LogP contribution is -2.31. The van der Waals surface area contributed by atoms with Gasteiger partial charge in [-0.05, 0) is 6.42 Å². The van der Waals surface area contributed by atoms with Gasteiger partial charge in [-0.3, -0.25) is 0 Å². The Morgan fingerprint density at radius 3 is 2.53 bits per heavy atom. The Bertz CT molecular complexity index is 308. The summed E-state index contributed by atoms with van der Waals surface area (Å²) in [4.78, 5) is 0. The number of nitrogens with one attached hydrogen (secondary N) is 1. The number of thiocarbonyl (C=S) groups is 1. The second-order valence-electron chi connectivity index (χ2n) is 3.36. The zero-order valence-corrected chi connectivity index (χ0v) is 8.46. The third-order valence-corrected chi connectivity index (χ3v) is 2.61. The van der Waals surface area contributed by atoms with Crippen molar-refractivity contribution in [2.75, 3.05) is 0 Å². The number of halogens is 4. The van der Waals surface area contributed by atoms with Crippen molar-refractivity contribution in [2.24, 2.45) is 5.92 Å². The zero-order chi connectivity index (χ0) is 11.6. The highest BCUT2D eigenvalue weighted by Crippen LogP contribution is 2.36. The van der Waals surface area contributed by atoms with Crippen LogP contribution in [0.15, 0.2) is 11.6 Å². The van der Waals surface area contributed by atoms with Gasteiger partial charge in [-0.1, -0.05) is 18.3 Å². The molecule has 0 amide bonds. The van der Waals surface area contributed by atoms with E-state index in [1.165, 1.54) is 0 Å². The predicted molar refractivity (Wildman–Crippen MR) is 53.1 cm³/mol. The quantitative estimate of drug-likeness (QED) is 0.340. The van der Waals surface area contributed by atoms with Crippen LogP contribution in [-0.4, -0.2) is 23.4 Å². The van der Waals surface area contributed by atoms with Crippen molar-refractivity contribution in [1.29, 1.82) is 5.41 Å². The molecule has 1 rings (SSSR count). The molecule has 0 radical (unpaired) electrons. The van der Waals surface area contributed by atoms with Crippen LogP contribution in [0.2, 0.25) is 0 Å². The predicted octanol–water partition coefficient (Wildman–Crippen LogP) is 3.24. The van der Waals surface area contributed by atoms with Crippen molar-refractivity contribution in [1.82, 2.24) is 0 Å². The molecule has 6 heteroatoms. The third-order valence-electron chi connectivity index (χ3n) is 2.36. The number of hydrogen-bond acceptors (Lipinski definition) is 2. The maximum absolute atomic E-state index is 13.3. The van der Waals surface area contributed by atoms with Crippen LogP contribution in [0.5, 0.6) is 0 Å². The van der Waals surface area contributed by atoms with Crippen LogP contribution in [0.3, 0.4) is 0 Å². The molecule has 2 atom stereocenters. The summed E-state index contributed by atoms with van der Waals surface area (Å²) in [6.07, 6.45) is -5.97. The van der Waals surface area contributed by atoms with Crippen LogP contribution in [0.1, 0.15) is 12.8 Å². The van der Waals surface area contributed by atoms with Crippen LogP contribution in [0.4, 0.5) is 17.6 Å². The lowest BCUT2D eigenvalue weighted by molar-refractivity contribution is -0.0975. The normalized spacial score (nSPS) is 27.1. The van der Waals surface area contributed by atoms with E-state index in [-0.39, 0.29) is 12.1 Å². The highest BCUT2D eigenvalue weighted by molar-refractivity contribution is 7.80. The Morgan fingerprint density at radius 2 is 2.13 bits per heavy atom. The third kappa shape index (κ3) is 2.84. The maximum Gasteiger partial charge on any atom is 0.412 e. The fourth-order valence-corrected chi connectivity index (χ4v) is 1.67. The Kier molecular flexibility index (Phi) is 3.59. The first-order valence-corrected chi connectivity index (χ1v) is 4.77. The van der Waals surface area contributed by atoms with Crippen LogP contribution < -0.4 is 0 Å². The van der Waals surface area contributed by atoms with Gasteiger partial charge >= 0.3 is 6.18 Å². The fraction of sp³-hybridized carbons (Fsp3) is 0.556. The van der Waals surface area contributed by atoms with E-state index in [4.69, 9.17) is 5.41 Å². The molecule has 0 bridgehead atoms. The van der Waals surface area contributed by atoms with E-state index in [2.05, 4.69) is 12.2 Å². The molecule has 84 valence electrons. The van der Waals surface area contributed by atoms with Gasteiger partial charge in [-0.25, -0.2) is 4.39 Å². The molecule has 2 unspecified atom stereocenters. The second-order valence-corrected chi connectivity index (χ2v) is 3.60. The molecule has 0 aliphatic heterocycles. The van der Waals surface area contributed by atoms with Gasteiger partial charge in [0.15, 0.2) is 0 Å². The van der Waals surface area contributed by atoms with Crippen molar-refractivity contribution in [3.8, 4) is 0 Å². The Labute approximate surface area is 89.7 Å². The zero-order valence-electron chi connectivity index (χ0n) is 7.64. The molecule has 1 aliphatic rings. The first-order chi connectivity index (χ1) is 6.86. The highest BCUT2D eigenvalue weighted by atomic mass is 32.1. The molecule has 15 heavy (non-hydrogen) atoms. The second kappa shape index (κ2) is 4.38. The minimum atomic E-state index is -4.46. The summed E-state index contributed by atoms with van der Waals surface area (Å²) in [5.41, 5.74) is -0.960. The molecule has 1 nitrogen and oxygen atoms in total. The molecule has 1 aliphatic carbocycles. The van der Waals surface area contributed by atoms with Crippen LogP contribution in [0.25, 0.3) is 0 Å². The fourth-order valence-electron chi connectivity index (χ4n) is 1.49. The van der Waals surface area contributed by atoms with Crippen molar-refractivity contribution < 1.29 is 17.6 Å². The molecule has 0 aromatic rings. The van der Waals surface area contributed by atoms with E-state index in [1.807, 2.05) is 0 Å². The summed E-state index contributed by atoms with van der Waals surface area (Å²) in [5, 5.41) is 8.28. The minimum absolute atomic E-state index is 0.109. The van der Waals surface area contributed by atoms with Crippen LogP contribution in [0, 0.1) is 11.3 Å². The summed E-state index contributed by atoms with van der Waals surface area (Å²) < 4.78 is 49.9. The molecular weight excluding hydrogens is 230 g/mol. The highest BCUT2D eigenvalue weighted by Gasteiger charge is 2.39. The van der Waals surface area contributed by atoms with E-state index >= 15 is 0 Å². The van der Waals surface area contributed by atoms with Gasteiger partial charge in [0.25, 0.3) is 0 Å². The van der Waals surface area contributed by atoms with Crippen LogP contribution in [-0.2, 0) is 0 Å². The van der Waals surface area contributed by atoms with Crippen molar-refractivity contribution in [3.63, 3.8) is 0 Å². The largest absolute Gasteiger partial charge is 0.412 e. The molecule has 0 saturated carbocycles. The molecule has 0 aromatic carbocycles. The average Bonchev–Trinajstić information content (AvgIpc) is 2.15. The van der Waals surface area contributed by atoms with Gasteiger partial charge < -0.3 is 5.41 Å². The molecule has 0 spiro atoms. The summed E-state index contributed by atoms with van der Waals surface area (Å²) in [5.74, 6) is -0.825. The number of rotatable bonds is 2. The van der Waals surface area contributed by atoms with E-state index in [9.17, 15) is 17.6 Å². The molecule has 0 saturated heterocycles. The standard InChI is InChI=1S/C9H9F4NS/c10-7-3-5(9(11,12)13)1-2-6(7)8(14)4-15/h1,4,6-7,14H,2-3H2. The topological polar surface area (TPSA) is 23.9 Å². The molecule has 0 aromatic heterocycles. The lowest BCUT2D eigenvalue weighted by Gasteiger charge is -2.26. The monoisotopic (exact) mass is 239 g/mol. The Hall–Kier alpha value is -0.780. The van der Waals surface area contributed by atoms with Gasteiger partial charge in [0.1, 0.15) is 6.17 Å². The summed E-state index contributed by atoms with van der Waals surface area (Å²) >= 11 is 4.45. The number of hydrogen-bond donors (Lipinski definition) is 1. The van der Waals surface area contributed by atoms with Gasteiger partial charge in [-0.2, -0.15) is 13.2 Å². The summed E-state index contributed by atoms with van der Waals surface area (Å²) in [6.45, 7) is 0. The van der Waals surface area contributed by atoms with Gasteiger partial charge in [-0.15, -0.1) is 0 Å². The number of allylic oxidation sites excluding steroid dienone is 2. The van der Waals surface area contributed by atoms with Crippen LogP contribution >= 0.6 is 12.2 Å². The summed E-state index contributed by atoms with van der Waals surface area (Å²) in [7, 11) is 0. The molecule has 1 N–H and O–H groups in total. The van der Waals surface area contributed by atoms with Gasteiger partial charge in [0.05, 0.1) is 0 Å². The molecule has 0 fully saturated rings. The minimum Gasteiger partial charge on any atom is -0.304 e. The lowest BCUT2D eigenvalue weighted by atomic mass is 9.85. The van der Waals surface area contributed by atoms with Gasteiger partial charge in [0.2, 0.25) is 0 Å². The SMILES string of the molecule is N=C(C=S)C1CC=C(C(F)(F)F)CC1F. The number of alkyl halides is 4. The average molecular weight is 239 g/mol.